The van der Waals surface area contributed by atoms with Gasteiger partial charge in [-0.25, -0.2) is 4.98 Å². The van der Waals surface area contributed by atoms with Gasteiger partial charge in [0, 0.05) is 24.5 Å². The smallest absolute Gasteiger partial charge is 0.303 e. The fraction of sp³-hybridized carbons (Fsp3) is 0.286. The molecule has 0 bridgehead atoms. The van der Waals surface area contributed by atoms with E-state index >= 15 is 0 Å². The molecule has 0 unspecified atom stereocenters. The Morgan fingerprint density at radius 1 is 1.39 bits per heavy atom. The molecule has 0 amide bonds. The first-order valence-electron chi connectivity index (χ1n) is 5.98. The topological polar surface area (TPSA) is 62.2 Å². The van der Waals surface area contributed by atoms with Crippen LogP contribution in [0.5, 0.6) is 0 Å². The molecule has 1 aromatic carbocycles. The Morgan fingerprint density at radius 3 is 3.00 bits per heavy atom. The zero-order chi connectivity index (χ0) is 13.0. The number of carbonyl (C=O) groups is 1. The number of nitrogens with one attached hydrogen (secondary N) is 1. The number of aryl methyl sites for hydroxylation is 1. The minimum absolute atomic E-state index is 0.177. The first kappa shape index (κ1) is 12.4. The van der Waals surface area contributed by atoms with Crippen LogP contribution < -0.4 is 5.32 Å². The minimum Gasteiger partial charge on any atom is -0.481 e. The van der Waals surface area contributed by atoms with Crippen LogP contribution in [-0.2, 0) is 4.79 Å². The Hall–Kier alpha value is -2.10. The van der Waals surface area contributed by atoms with E-state index in [1.54, 1.807) is 6.20 Å². The van der Waals surface area contributed by atoms with E-state index in [0.717, 1.165) is 16.6 Å². The maximum absolute atomic E-state index is 10.4. The predicted octanol–water partition coefficient (Wildman–Crippen LogP) is 2.82. The summed E-state index contributed by atoms with van der Waals surface area (Å²) in [6.07, 6.45) is 2.54. The molecule has 0 aliphatic carbocycles. The second-order valence-electron chi connectivity index (χ2n) is 4.26. The molecule has 94 valence electrons. The number of hydrogen-bond donors (Lipinski definition) is 2. The Bertz CT molecular complexity index is 561. The van der Waals surface area contributed by atoms with Gasteiger partial charge in [0.25, 0.3) is 0 Å². The molecule has 0 aliphatic rings. The van der Waals surface area contributed by atoms with Gasteiger partial charge in [-0.15, -0.1) is 0 Å². The van der Waals surface area contributed by atoms with Crippen LogP contribution in [0, 0.1) is 6.92 Å². The molecule has 4 heteroatoms. The van der Waals surface area contributed by atoms with Crippen molar-refractivity contribution in [2.45, 2.75) is 19.8 Å². The third-order valence-corrected chi connectivity index (χ3v) is 2.86. The maximum atomic E-state index is 10.4. The number of fused-ring (bicyclic) bond motifs is 1. The van der Waals surface area contributed by atoms with Gasteiger partial charge in [-0.3, -0.25) is 4.79 Å². The zero-order valence-electron chi connectivity index (χ0n) is 10.3. The molecule has 0 fully saturated rings. The lowest BCUT2D eigenvalue weighted by molar-refractivity contribution is -0.137. The van der Waals surface area contributed by atoms with Gasteiger partial charge >= 0.3 is 5.97 Å². The van der Waals surface area contributed by atoms with Crippen molar-refractivity contribution in [3.05, 3.63) is 36.0 Å². The molecule has 0 radical (unpaired) electrons. The molecule has 2 N–H and O–H groups in total. The number of pyridine rings is 1. The van der Waals surface area contributed by atoms with Gasteiger partial charge in [-0.1, -0.05) is 18.2 Å². The molecular formula is C14H16N2O2. The first-order chi connectivity index (χ1) is 8.68. The average molecular weight is 244 g/mol. The van der Waals surface area contributed by atoms with Crippen molar-refractivity contribution in [2.75, 3.05) is 11.9 Å². The second-order valence-corrected chi connectivity index (χ2v) is 4.26. The Morgan fingerprint density at radius 2 is 2.22 bits per heavy atom. The Balaban J connectivity index is 2.15. The van der Waals surface area contributed by atoms with E-state index in [1.807, 2.05) is 31.2 Å². The quantitative estimate of drug-likeness (QED) is 0.794. The summed E-state index contributed by atoms with van der Waals surface area (Å²) >= 11 is 0. The van der Waals surface area contributed by atoms with Crippen molar-refractivity contribution in [1.82, 2.24) is 4.98 Å². The molecule has 1 aromatic heterocycles. The number of carboxylic acids is 1. The van der Waals surface area contributed by atoms with Gasteiger partial charge in [-0.05, 0) is 30.4 Å². The van der Waals surface area contributed by atoms with E-state index in [2.05, 4.69) is 10.3 Å². The molecule has 2 rings (SSSR count). The van der Waals surface area contributed by atoms with E-state index in [9.17, 15) is 4.79 Å². The van der Waals surface area contributed by atoms with Crippen molar-refractivity contribution in [3.8, 4) is 0 Å². The molecule has 0 aliphatic heterocycles. The minimum atomic E-state index is -0.765. The van der Waals surface area contributed by atoms with E-state index in [1.165, 1.54) is 5.56 Å². The van der Waals surface area contributed by atoms with E-state index in [4.69, 9.17) is 5.11 Å². The molecule has 0 saturated carbocycles. The Kier molecular flexibility index (Phi) is 3.77. The zero-order valence-corrected chi connectivity index (χ0v) is 10.3. The highest BCUT2D eigenvalue weighted by atomic mass is 16.4. The number of aliphatic carboxylic acids is 1. The van der Waals surface area contributed by atoms with Gasteiger partial charge in [0.2, 0.25) is 0 Å². The van der Waals surface area contributed by atoms with Crippen molar-refractivity contribution in [3.63, 3.8) is 0 Å². The highest BCUT2D eigenvalue weighted by Gasteiger charge is 2.04. The van der Waals surface area contributed by atoms with E-state index in [-0.39, 0.29) is 6.42 Å². The van der Waals surface area contributed by atoms with Gasteiger partial charge in [0.05, 0.1) is 0 Å². The molecular weight excluding hydrogens is 228 g/mol. The maximum Gasteiger partial charge on any atom is 0.303 e. The molecule has 0 atom stereocenters. The second kappa shape index (κ2) is 5.49. The first-order valence-corrected chi connectivity index (χ1v) is 5.98. The standard InChI is InChI=1S/C14H16N2O2/c1-10-4-2-5-11-7-9-16-14(13(10)11)15-8-3-6-12(17)18/h2,4-5,7,9H,3,6,8H2,1H3,(H,15,16)(H,17,18). The fourth-order valence-corrected chi connectivity index (χ4v) is 1.99. The van der Waals surface area contributed by atoms with Crippen LogP contribution >= 0.6 is 0 Å². The number of carboxylic acid groups (broad SMARTS) is 1. The lowest BCUT2D eigenvalue weighted by atomic mass is 10.1. The normalized spacial score (nSPS) is 10.5. The van der Waals surface area contributed by atoms with Gasteiger partial charge in [0.15, 0.2) is 0 Å². The molecule has 18 heavy (non-hydrogen) atoms. The van der Waals surface area contributed by atoms with Gasteiger partial charge in [0.1, 0.15) is 5.82 Å². The van der Waals surface area contributed by atoms with Crippen LogP contribution in [0.4, 0.5) is 5.82 Å². The van der Waals surface area contributed by atoms with Crippen LogP contribution in [0.3, 0.4) is 0 Å². The van der Waals surface area contributed by atoms with Crippen LogP contribution in [0.15, 0.2) is 30.5 Å². The summed E-state index contributed by atoms with van der Waals surface area (Å²) in [7, 11) is 0. The summed E-state index contributed by atoms with van der Waals surface area (Å²) in [6.45, 7) is 2.67. The summed E-state index contributed by atoms with van der Waals surface area (Å²) in [6, 6.07) is 8.09. The third-order valence-electron chi connectivity index (χ3n) is 2.86. The molecule has 0 saturated heterocycles. The lowest BCUT2D eigenvalue weighted by Crippen LogP contribution is -2.06. The SMILES string of the molecule is Cc1cccc2ccnc(NCCCC(=O)O)c12. The van der Waals surface area contributed by atoms with Crippen LogP contribution in [0.1, 0.15) is 18.4 Å². The highest BCUT2D eigenvalue weighted by molar-refractivity contribution is 5.94. The summed E-state index contributed by atoms with van der Waals surface area (Å²) in [4.78, 5) is 14.8. The van der Waals surface area contributed by atoms with Crippen LogP contribution in [0.25, 0.3) is 10.8 Å². The summed E-state index contributed by atoms with van der Waals surface area (Å²) < 4.78 is 0. The number of hydrogen-bond acceptors (Lipinski definition) is 3. The predicted molar refractivity (Wildman–Crippen MR) is 71.8 cm³/mol. The largest absolute Gasteiger partial charge is 0.481 e. The van der Waals surface area contributed by atoms with Crippen LogP contribution in [-0.4, -0.2) is 22.6 Å². The number of aromatic nitrogens is 1. The van der Waals surface area contributed by atoms with Gasteiger partial charge < -0.3 is 10.4 Å². The Labute approximate surface area is 106 Å². The molecule has 1 heterocycles. The number of anilines is 1. The number of benzene rings is 1. The van der Waals surface area contributed by atoms with Crippen molar-refractivity contribution < 1.29 is 9.90 Å². The lowest BCUT2D eigenvalue weighted by Gasteiger charge is -2.10. The van der Waals surface area contributed by atoms with Crippen LogP contribution in [0.2, 0.25) is 0 Å². The summed E-state index contributed by atoms with van der Waals surface area (Å²) in [5.41, 5.74) is 1.17. The van der Waals surface area contributed by atoms with Crippen molar-refractivity contribution >= 4 is 22.6 Å². The summed E-state index contributed by atoms with van der Waals surface area (Å²) in [5, 5.41) is 14.0. The highest BCUT2D eigenvalue weighted by Crippen LogP contribution is 2.24. The van der Waals surface area contributed by atoms with Crippen molar-refractivity contribution in [2.24, 2.45) is 0 Å². The number of rotatable bonds is 5. The fourth-order valence-electron chi connectivity index (χ4n) is 1.99. The molecule has 2 aromatic rings. The summed E-state index contributed by atoms with van der Waals surface area (Å²) in [5.74, 6) is 0.0647. The average Bonchev–Trinajstić information content (AvgIpc) is 2.34. The molecule has 4 nitrogen and oxygen atoms in total. The van der Waals surface area contributed by atoms with Gasteiger partial charge in [-0.2, -0.15) is 0 Å². The third kappa shape index (κ3) is 2.77. The number of nitrogens with zero attached hydrogens (tertiary/aromatic N) is 1. The molecule has 0 spiro atoms. The van der Waals surface area contributed by atoms with E-state index < -0.39 is 5.97 Å². The van der Waals surface area contributed by atoms with E-state index in [0.29, 0.717) is 13.0 Å². The van der Waals surface area contributed by atoms with Crippen molar-refractivity contribution in [1.29, 1.82) is 0 Å². The monoisotopic (exact) mass is 244 g/mol.